The monoisotopic (exact) mass is 301 g/mol. The van der Waals surface area contributed by atoms with Crippen LogP contribution in [0.25, 0.3) is 28.0 Å². The van der Waals surface area contributed by atoms with Crippen LogP contribution in [0.3, 0.4) is 0 Å². The highest BCUT2D eigenvalue weighted by atomic mass is 14.5. The Balaban J connectivity index is 0.000000485. The maximum Gasteiger partial charge on any atom is 0.0314 e. The van der Waals surface area contributed by atoms with Gasteiger partial charge < -0.3 is 5.73 Å². The lowest BCUT2D eigenvalue weighted by Crippen LogP contribution is -1.95. The van der Waals surface area contributed by atoms with Crippen LogP contribution in [0.15, 0.2) is 60.7 Å². The quantitative estimate of drug-likeness (QED) is 0.542. The second-order valence-corrected chi connectivity index (χ2v) is 5.98. The molecule has 1 aliphatic rings. The fourth-order valence-corrected chi connectivity index (χ4v) is 3.05. The van der Waals surface area contributed by atoms with E-state index in [0.717, 1.165) is 12.1 Å². The van der Waals surface area contributed by atoms with E-state index in [1.165, 1.54) is 39.4 Å². The minimum absolute atomic E-state index is 0.805. The van der Waals surface area contributed by atoms with Crippen molar-refractivity contribution < 1.29 is 0 Å². The molecule has 23 heavy (non-hydrogen) atoms. The molecule has 2 N–H and O–H groups in total. The number of hydrogen-bond acceptors (Lipinski definition) is 1. The van der Waals surface area contributed by atoms with Crippen molar-refractivity contribution in [3.05, 3.63) is 71.8 Å². The molecule has 116 valence electrons. The molecule has 3 aromatic carbocycles. The summed E-state index contributed by atoms with van der Waals surface area (Å²) in [4.78, 5) is 0. The van der Waals surface area contributed by atoms with Crippen molar-refractivity contribution in [2.45, 2.75) is 26.7 Å². The molecule has 4 rings (SSSR count). The van der Waals surface area contributed by atoms with E-state index in [9.17, 15) is 0 Å². The van der Waals surface area contributed by atoms with E-state index < -0.39 is 0 Å². The first-order valence-electron chi connectivity index (χ1n) is 8.31. The van der Waals surface area contributed by atoms with Crippen molar-refractivity contribution >= 4 is 22.5 Å². The number of hydrogen-bond donors (Lipinski definition) is 1. The second-order valence-electron chi connectivity index (χ2n) is 5.98. The molecule has 0 aromatic heterocycles. The molecule has 1 nitrogen and oxygen atoms in total. The van der Waals surface area contributed by atoms with Crippen LogP contribution in [0.1, 0.15) is 31.4 Å². The Bertz CT molecular complexity index is 842. The Morgan fingerprint density at radius 3 is 2.39 bits per heavy atom. The molecule has 1 aliphatic carbocycles. The van der Waals surface area contributed by atoms with Crippen LogP contribution in [-0.4, -0.2) is 0 Å². The largest absolute Gasteiger partial charge is 0.399 e. The summed E-state index contributed by atoms with van der Waals surface area (Å²) in [7, 11) is 0. The van der Waals surface area contributed by atoms with Gasteiger partial charge in [0.05, 0.1) is 0 Å². The molecule has 0 aliphatic heterocycles. The van der Waals surface area contributed by atoms with Gasteiger partial charge in [0, 0.05) is 5.69 Å². The Labute approximate surface area is 138 Å². The van der Waals surface area contributed by atoms with Gasteiger partial charge in [-0.25, -0.2) is 0 Å². The van der Waals surface area contributed by atoms with Gasteiger partial charge in [-0.3, -0.25) is 0 Å². The Kier molecular flexibility index (Phi) is 4.47. The van der Waals surface area contributed by atoms with Crippen molar-refractivity contribution in [2.75, 3.05) is 5.73 Å². The summed E-state index contributed by atoms with van der Waals surface area (Å²) in [6.45, 7) is 4.25. The molecule has 0 radical (unpaired) electrons. The molecule has 0 atom stereocenters. The highest BCUT2D eigenvalue weighted by Crippen LogP contribution is 2.36. The topological polar surface area (TPSA) is 26.0 Å². The lowest BCUT2D eigenvalue weighted by molar-refractivity contribution is 1.09. The molecular formula is C22H23N. The molecular weight excluding hydrogens is 278 g/mol. The zero-order valence-corrected chi connectivity index (χ0v) is 13.8. The van der Waals surface area contributed by atoms with E-state index in [4.69, 9.17) is 5.73 Å². The van der Waals surface area contributed by atoms with Crippen LogP contribution < -0.4 is 5.73 Å². The van der Waals surface area contributed by atoms with Gasteiger partial charge in [-0.1, -0.05) is 74.9 Å². The zero-order chi connectivity index (χ0) is 16.2. The summed E-state index contributed by atoms with van der Waals surface area (Å²) in [5, 5.41) is 2.71. The van der Waals surface area contributed by atoms with Crippen LogP contribution in [0.2, 0.25) is 0 Å². The molecule has 0 saturated carbocycles. The minimum atomic E-state index is 0.805. The average Bonchev–Trinajstić information content (AvgIpc) is 2.58. The van der Waals surface area contributed by atoms with Gasteiger partial charge in [0.15, 0.2) is 0 Å². The molecule has 1 heteroatoms. The third-order valence-corrected chi connectivity index (χ3v) is 4.02. The number of nitrogen functional groups attached to an aromatic ring is 1. The summed E-state index contributed by atoms with van der Waals surface area (Å²) in [5.74, 6) is 0. The summed E-state index contributed by atoms with van der Waals surface area (Å²) < 4.78 is 0. The molecule has 0 amide bonds. The molecule has 0 saturated heterocycles. The van der Waals surface area contributed by atoms with Crippen LogP contribution >= 0.6 is 0 Å². The number of benzene rings is 3. The van der Waals surface area contributed by atoms with Gasteiger partial charge in [0.2, 0.25) is 0 Å². The van der Waals surface area contributed by atoms with Crippen molar-refractivity contribution in [1.82, 2.24) is 0 Å². The van der Waals surface area contributed by atoms with Gasteiger partial charge in [-0.05, 0) is 51.6 Å². The van der Waals surface area contributed by atoms with Crippen molar-refractivity contribution in [3.63, 3.8) is 0 Å². The number of rotatable bonds is 1. The number of anilines is 1. The highest BCUT2D eigenvalue weighted by molar-refractivity contribution is 6.00. The molecule has 0 fully saturated rings. The van der Waals surface area contributed by atoms with Gasteiger partial charge in [0.1, 0.15) is 0 Å². The van der Waals surface area contributed by atoms with Crippen molar-refractivity contribution in [2.24, 2.45) is 0 Å². The molecule has 0 heterocycles. The third-order valence-electron chi connectivity index (χ3n) is 4.02. The first-order valence-corrected chi connectivity index (χ1v) is 8.31. The maximum absolute atomic E-state index is 5.79. The molecule has 0 unspecified atom stereocenters. The average molecular weight is 301 g/mol. The van der Waals surface area contributed by atoms with E-state index in [2.05, 4.69) is 68.5 Å². The zero-order valence-electron chi connectivity index (χ0n) is 13.8. The summed E-state index contributed by atoms with van der Waals surface area (Å²) in [5.41, 5.74) is 11.8. The molecule has 0 bridgehead atoms. The van der Waals surface area contributed by atoms with Crippen LogP contribution in [0.4, 0.5) is 5.69 Å². The van der Waals surface area contributed by atoms with E-state index >= 15 is 0 Å². The first kappa shape index (κ1) is 15.4. The van der Waals surface area contributed by atoms with Gasteiger partial charge in [-0.2, -0.15) is 0 Å². The lowest BCUT2D eigenvalue weighted by Gasteiger charge is -2.16. The van der Waals surface area contributed by atoms with E-state index in [1.807, 2.05) is 12.1 Å². The lowest BCUT2D eigenvalue weighted by atomic mass is 9.87. The fraction of sp³-hybridized carbons (Fsp3) is 0.182. The predicted octanol–water partition coefficient (Wildman–Crippen LogP) is 6.07. The van der Waals surface area contributed by atoms with Crippen LogP contribution in [-0.2, 0) is 6.42 Å². The standard InChI is InChI=1S/C19H15N.C3H8/c20-16-10-7-13(8-11-16)17-12-9-15-4-1-3-14-5-2-6-18(17)19(14)15;1-3-2/h1-4,6-12H,5,20H2;3H2,1-2H3. The van der Waals surface area contributed by atoms with Crippen LogP contribution in [0.5, 0.6) is 0 Å². The molecule has 3 aromatic rings. The van der Waals surface area contributed by atoms with E-state index in [0.29, 0.717) is 0 Å². The predicted molar refractivity (Wildman–Crippen MR) is 102 cm³/mol. The summed E-state index contributed by atoms with van der Waals surface area (Å²) >= 11 is 0. The van der Waals surface area contributed by atoms with E-state index in [-0.39, 0.29) is 0 Å². The normalized spacial score (nSPS) is 11.9. The Morgan fingerprint density at radius 1 is 0.913 bits per heavy atom. The van der Waals surface area contributed by atoms with E-state index in [1.54, 1.807) is 0 Å². The summed E-state index contributed by atoms with van der Waals surface area (Å²) in [6, 6.07) is 19.1. The summed E-state index contributed by atoms with van der Waals surface area (Å²) in [6.07, 6.45) is 6.77. The van der Waals surface area contributed by atoms with Crippen molar-refractivity contribution in [3.8, 4) is 11.1 Å². The number of nitrogens with two attached hydrogens (primary N) is 1. The maximum atomic E-state index is 5.79. The number of allylic oxidation sites excluding steroid dienone is 1. The Hall–Kier alpha value is -2.54. The SMILES string of the molecule is CCC.Nc1ccc(-c2ccc3cccc4c3c2C=CC4)cc1. The second kappa shape index (κ2) is 6.70. The Morgan fingerprint density at radius 2 is 1.65 bits per heavy atom. The fourth-order valence-electron chi connectivity index (χ4n) is 3.05. The van der Waals surface area contributed by atoms with Gasteiger partial charge >= 0.3 is 0 Å². The van der Waals surface area contributed by atoms with Gasteiger partial charge in [0.25, 0.3) is 0 Å². The van der Waals surface area contributed by atoms with Crippen molar-refractivity contribution in [1.29, 1.82) is 0 Å². The van der Waals surface area contributed by atoms with Crippen LogP contribution in [0, 0.1) is 0 Å². The highest BCUT2D eigenvalue weighted by Gasteiger charge is 2.12. The smallest absolute Gasteiger partial charge is 0.0314 e. The third kappa shape index (κ3) is 3.00. The van der Waals surface area contributed by atoms with Gasteiger partial charge in [-0.15, -0.1) is 0 Å². The first-order chi connectivity index (χ1) is 11.2. The minimum Gasteiger partial charge on any atom is -0.399 e. The molecule has 0 spiro atoms.